The second kappa shape index (κ2) is 7.04. The molecule has 1 N–H and O–H groups in total. The lowest BCUT2D eigenvalue weighted by atomic mass is 9.87. The summed E-state index contributed by atoms with van der Waals surface area (Å²) in [5.41, 5.74) is 0.899. The molecule has 0 aliphatic carbocycles. The molecule has 1 fully saturated rings. The lowest BCUT2D eigenvalue weighted by Gasteiger charge is -2.41. The Hall–Kier alpha value is -1.40. The maximum absolute atomic E-state index is 10.8. The van der Waals surface area contributed by atoms with Crippen molar-refractivity contribution in [3.05, 3.63) is 17.5 Å². The zero-order chi connectivity index (χ0) is 15.4. The molecule has 118 valence electrons. The van der Waals surface area contributed by atoms with Gasteiger partial charge >= 0.3 is 5.97 Å². The first kappa shape index (κ1) is 16.0. The summed E-state index contributed by atoms with van der Waals surface area (Å²) >= 11 is 0. The molecule has 1 aromatic heterocycles. The molecule has 2 atom stereocenters. The number of hydrogen-bond acceptors (Lipinski definition) is 5. The third-order valence-electron chi connectivity index (χ3n) is 4.23. The van der Waals surface area contributed by atoms with Crippen molar-refractivity contribution in [2.24, 2.45) is 5.92 Å². The van der Waals surface area contributed by atoms with E-state index in [4.69, 9.17) is 9.63 Å². The van der Waals surface area contributed by atoms with Crippen molar-refractivity contribution in [3.63, 3.8) is 0 Å². The Bertz CT molecular complexity index is 472. The molecule has 0 unspecified atom stereocenters. The van der Waals surface area contributed by atoms with E-state index < -0.39 is 5.97 Å². The number of piperidine rings is 1. The first-order chi connectivity index (χ1) is 9.95. The van der Waals surface area contributed by atoms with E-state index in [0.29, 0.717) is 12.0 Å². The normalized spacial score (nSPS) is 23.6. The van der Waals surface area contributed by atoms with Crippen molar-refractivity contribution in [1.29, 1.82) is 0 Å². The van der Waals surface area contributed by atoms with E-state index in [9.17, 15) is 4.79 Å². The van der Waals surface area contributed by atoms with Gasteiger partial charge in [-0.25, -0.2) is 0 Å². The van der Waals surface area contributed by atoms with Crippen LogP contribution < -0.4 is 0 Å². The van der Waals surface area contributed by atoms with Crippen molar-refractivity contribution in [3.8, 4) is 0 Å². The molecule has 0 saturated carbocycles. The highest BCUT2D eigenvalue weighted by molar-refractivity contribution is 5.66. The van der Waals surface area contributed by atoms with Crippen molar-refractivity contribution in [1.82, 2.24) is 15.0 Å². The second-order valence-electron chi connectivity index (χ2n) is 6.18. The van der Waals surface area contributed by atoms with Crippen molar-refractivity contribution in [2.45, 2.75) is 38.8 Å². The number of carboxylic acids is 1. The molecular formula is C15H25N3O3. The average Bonchev–Trinajstić information content (AvgIpc) is 2.81. The highest BCUT2D eigenvalue weighted by atomic mass is 16.5. The zero-order valence-electron chi connectivity index (χ0n) is 13.1. The maximum atomic E-state index is 10.8. The Labute approximate surface area is 125 Å². The van der Waals surface area contributed by atoms with Gasteiger partial charge in [0.05, 0.1) is 12.2 Å². The summed E-state index contributed by atoms with van der Waals surface area (Å²) in [6.07, 6.45) is 2.03. The molecule has 6 heteroatoms. The fourth-order valence-corrected chi connectivity index (χ4v) is 3.22. The Kier molecular flexibility index (Phi) is 5.36. The summed E-state index contributed by atoms with van der Waals surface area (Å²) in [5.74, 6) is 0.553. The zero-order valence-corrected chi connectivity index (χ0v) is 13.1. The Morgan fingerprint density at radius 3 is 2.90 bits per heavy atom. The summed E-state index contributed by atoms with van der Waals surface area (Å²) in [4.78, 5) is 15.4. The number of aryl methyl sites for hydroxylation is 1. The van der Waals surface area contributed by atoms with Crippen LogP contribution in [0.3, 0.4) is 0 Å². The number of carboxylic acid groups (broad SMARTS) is 1. The third kappa shape index (κ3) is 4.54. The van der Waals surface area contributed by atoms with E-state index in [1.54, 1.807) is 0 Å². The molecule has 0 bridgehead atoms. The predicted octanol–water partition coefficient (Wildman–Crippen LogP) is 1.60. The van der Waals surface area contributed by atoms with Gasteiger partial charge in [-0.15, -0.1) is 0 Å². The lowest BCUT2D eigenvalue weighted by Crippen LogP contribution is -2.48. The second-order valence-corrected chi connectivity index (χ2v) is 6.18. The number of nitrogens with zero attached hydrogens (tertiary/aromatic N) is 3. The minimum atomic E-state index is -0.713. The number of aliphatic carboxylic acids is 1. The molecule has 2 heterocycles. The van der Waals surface area contributed by atoms with Crippen LogP contribution in [0.25, 0.3) is 0 Å². The molecule has 1 saturated heterocycles. The van der Waals surface area contributed by atoms with Crippen molar-refractivity contribution >= 4 is 5.97 Å². The topological polar surface area (TPSA) is 69.8 Å². The average molecular weight is 295 g/mol. The lowest BCUT2D eigenvalue weighted by molar-refractivity contribution is -0.137. The van der Waals surface area contributed by atoms with Crippen LogP contribution in [-0.4, -0.2) is 59.3 Å². The van der Waals surface area contributed by atoms with Gasteiger partial charge in [0.25, 0.3) is 0 Å². The SMILES string of the molecule is Cc1cc(CN2CC[C@H](N(C)C)[C@H](CCC(=O)O)C2)on1. The molecule has 1 aliphatic heterocycles. The summed E-state index contributed by atoms with van der Waals surface area (Å²) in [6.45, 7) is 4.59. The van der Waals surface area contributed by atoms with Gasteiger partial charge in [0.1, 0.15) is 0 Å². The summed E-state index contributed by atoms with van der Waals surface area (Å²) in [6, 6.07) is 2.42. The third-order valence-corrected chi connectivity index (χ3v) is 4.23. The summed E-state index contributed by atoms with van der Waals surface area (Å²) in [5, 5.41) is 12.8. The molecule has 0 amide bonds. The molecule has 1 aromatic rings. The van der Waals surface area contributed by atoms with E-state index in [-0.39, 0.29) is 6.42 Å². The molecule has 0 radical (unpaired) electrons. The van der Waals surface area contributed by atoms with Crippen molar-refractivity contribution in [2.75, 3.05) is 27.2 Å². The minimum Gasteiger partial charge on any atom is -0.481 e. The van der Waals surface area contributed by atoms with E-state index >= 15 is 0 Å². The monoisotopic (exact) mass is 295 g/mol. The van der Waals surface area contributed by atoms with Crippen LogP contribution in [0.4, 0.5) is 0 Å². The minimum absolute atomic E-state index is 0.240. The molecule has 21 heavy (non-hydrogen) atoms. The standard InChI is InChI=1S/C15H25N3O3/c1-11-8-13(21-16-11)10-18-7-6-14(17(2)3)12(9-18)4-5-15(19)20/h8,12,14H,4-7,9-10H2,1-3H3,(H,19,20)/t12-,14+/m1/s1. The molecule has 2 rings (SSSR count). The summed E-state index contributed by atoms with van der Waals surface area (Å²) < 4.78 is 5.28. The van der Waals surface area contributed by atoms with E-state index in [2.05, 4.69) is 29.1 Å². The highest BCUT2D eigenvalue weighted by Gasteiger charge is 2.31. The van der Waals surface area contributed by atoms with Crippen LogP contribution in [0, 0.1) is 12.8 Å². The van der Waals surface area contributed by atoms with Gasteiger partial charge in [-0.1, -0.05) is 5.16 Å². The molecule has 1 aliphatic rings. The molecule has 0 aromatic carbocycles. The van der Waals surface area contributed by atoms with Gasteiger partial charge in [-0.05, 0) is 39.8 Å². The van der Waals surface area contributed by atoms with Crippen molar-refractivity contribution < 1.29 is 14.4 Å². The predicted molar refractivity (Wildman–Crippen MR) is 79.0 cm³/mol. The van der Waals surface area contributed by atoms with Crippen LogP contribution in [0.1, 0.15) is 30.7 Å². The number of rotatable bonds is 6. The van der Waals surface area contributed by atoms with Gasteiger partial charge in [0.15, 0.2) is 5.76 Å². The first-order valence-electron chi connectivity index (χ1n) is 7.48. The molecule has 0 spiro atoms. The smallest absolute Gasteiger partial charge is 0.303 e. The number of carbonyl (C=O) groups is 1. The van der Waals surface area contributed by atoms with Gasteiger partial charge < -0.3 is 14.5 Å². The fraction of sp³-hybridized carbons (Fsp3) is 0.733. The Balaban J connectivity index is 1.95. The van der Waals surface area contributed by atoms with Crippen LogP contribution in [0.5, 0.6) is 0 Å². The van der Waals surface area contributed by atoms with E-state index in [1.165, 1.54) is 0 Å². The maximum Gasteiger partial charge on any atom is 0.303 e. The van der Waals surface area contributed by atoms with Crippen LogP contribution in [-0.2, 0) is 11.3 Å². The van der Waals surface area contributed by atoms with Gasteiger partial charge in [0, 0.05) is 31.6 Å². The molecule has 6 nitrogen and oxygen atoms in total. The highest BCUT2D eigenvalue weighted by Crippen LogP contribution is 2.26. The Morgan fingerprint density at radius 2 is 2.33 bits per heavy atom. The first-order valence-corrected chi connectivity index (χ1v) is 7.48. The van der Waals surface area contributed by atoms with Gasteiger partial charge in [-0.3, -0.25) is 9.69 Å². The summed E-state index contributed by atoms with van der Waals surface area (Å²) in [7, 11) is 4.15. The number of likely N-dealkylation sites (tertiary alicyclic amines) is 1. The van der Waals surface area contributed by atoms with Crippen LogP contribution in [0.2, 0.25) is 0 Å². The fourth-order valence-electron chi connectivity index (χ4n) is 3.22. The Morgan fingerprint density at radius 1 is 1.57 bits per heavy atom. The quantitative estimate of drug-likeness (QED) is 0.859. The van der Waals surface area contributed by atoms with E-state index in [0.717, 1.165) is 43.9 Å². The largest absolute Gasteiger partial charge is 0.481 e. The van der Waals surface area contributed by atoms with Crippen LogP contribution >= 0.6 is 0 Å². The van der Waals surface area contributed by atoms with Crippen LogP contribution in [0.15, 0.2) is 10.6 Å². The van der Waals surface area contributed by atoms with Gasteiger partial charge in [0.2, 0.25) is 0 Å². The molecular weight excluding hydrogens is 270 g/mol. The number of hydrogen-bond donors (Lipinski definition) is 1. The van der Waals surface area contributed by atoms with Gasteiger partial charge in [-0.2, -0.15) is 0 Å². The van der Waals surface area contributed by atoms with E-state index in [1.807, 2.05) is 13.0 Å². The number of aromatic nitrogens is 1.